The lowest BCUT2D eigenvalue weighted by Gasteiger charge is -2.04. The Hall–Kier alpha value is -1.13. The second-order valence-corrected chi connectivity index (χ2v) is 8.15. The van der Waals surface area contributed by atoms with Crippen molar-refractivity contribution in [2.24, 2.45) is 22.2 Å². The van der Waals surface area contributed by atoms with Crippen molar-refractivity contribution in [3.8, 4) is 0 Å². The van der Waals surface area contributed by atoms with Gasteiger partial charge in [-0.15, -0.1) is 0 Å². The number of aliphatic imine (C=N–C) groups is 1. The van der Waals surface area contributed by atoms with Crippen LogP contribution in [0.3, 0.4) is 0 Å². The molecule has 0 aromatic heterocycles. The highest BCUT2D eigenvalue weighted by molar-refractivity contribution is 8.77. The molecule has 140 valence electrons. The molecule has 2 atom stereocenters. The van der Waals surface area contributed by atoms with Crippen LogP contribution in [0.2, 0.25) is 0 Å². The summed E-state index contributed by atoms with van der Waals surface area (Å²) in [6.07, 6.45) is 5.72. The summed E-state index contributed by atoms with van der Waals surface area (Å²) in [4.78, 5) is 24.1. The number of guanidine groups is 1. The van der Waals surface area contributed by atoms with Crippen molar-refractivity contribution in [1.82, 2.24) is 0 Å². The lowest BCUT2D eigenvalue weighted by atomic mass is 10.1. The molecule has 0 bridgehead atoms. The molecule has 0 saturated carbocycles. The number of aliphatic carboxylic acids is 2. The maximum absolute atomic E-state index is 10.2. The van der Waals surface area contributed by atoms with Crippen molar-refractivity contribution >= 4 is 39.5 Å². The normalized spacial score (nSPS) is 17.5. The monoisotopic (exact) mass is 380 g/mol. The van der Waals surface area contributed by atoms with Gasteiger partial charge in [0, 0.05) is 24.0 Å². The zero-order valence-electron chi connectivity index (χ0n) is 13.7. The van der Waals surface area contributed by atoms with Crippen LogP contribution in [0.1, 0.15) is 44.9 Å². The summed E-state index contributed by atoms with van der Waals surface area (Å²) in [7, 11) is 3.92. The predicted molar refractivity (Wildman–Crippen MR) is 100 cm³/mol. The fourth-order valence-corrected chi connectivity index (χ4v) is 4.88. The van der Waals surface area contributed by atoms with Gasteiger partial charge >= 0.3 is 11.9 Å². The number of carboxylic acids is 2. The number of carboxylic acid groups (broad SMARTS) is 2. The van der Waals surface area contributed by atoms with Gasteiger partial charge in [-0.25, -0.2) is 0 Å². The summed E-state index contributed by atoms with van der Waals surface area (Å²) in [6.45, 7) is 0.420. The van der Waals surface area contributed by atoms with Gasteiger partial charge in [-0.1, -0.05) is 28.0 Å². The predicted octanol–water partition coefficient (Wildman–Crippen LogP) is 1.24. The molecular formula is C14H28N4O4S2. The molecule has 24 heavy (non-hydrogen) atoms. The first kappa shape index (κ1) is 22.9. The van der Waals surface area contributed by atoms with Crippen LogP contribution in [0, 0.1) is 0 Å². The fourth-order valence-electron chi connectivity index (χ4n) is 1.86. The highest BCUT2D eigenvalue weighted by atomic mass is 33.1. The van der Waals surface area contributed by atoms with Gasteiger partial charge in [0.1, 0.15) is 6.04 Å². The maximum Gasteiger partial charge on any atom is 0.320 e. The second-order valence-electron chi connectivity index (χ2n) is 5.36. The van der Waals surface area contributed by atoms with Crippen LogP contribution in [-0.4, -0.2) is 51.7 Å². The Labute approximate surface area is 150 Å². The zero-order valence-corrected chi connectivity index (χ0v) is 15.4. The molecule has 0 radical (unpaired) electrons. The van der Waals surface area contributed by atoms with Crippen LogP contribution in [0.4, 0.5) is 0 Å². The third-order valence-corrected chi connectivity index (χ3v) is 6.19. The standard InChI is InChI=1S/C8H14O2S2.C6H14N4O2/c9-8(10)4-2-1-3-7-5-6-11-12-7;7-4(5(11)12)2-1-3-10-6(8)9/h7H,1-6H2,(H,9,10);4H,1-3,7H2,(H,11,12)(H4,8,9,10)/t7-;4-/m00/s1. The summed E-state index contributed by atoms with van der Waals surface area (Å²) in [5, 5.41) is 17.6. The largest absolute Gasteiger partial charge is 0.481 e. The molecule has 1 aliphatic rings. The van der Waals surface area contributed by atoms with Gasteiger partial charge in [-0.3, -0.25) is 14.6 Å². The van der Waals surface area contributed by atoms with Gasteiger partial charge in [-0.05, 0) is 32.1 Å². The molecular weight excluding hydrogens is 352 g/mol. The minimum atomic E-state index is -1.00. The van der Waals surface area contributed by atoms with E-state index in [0.717, 1.165) is 18.1 Å². The molecule has 1 aliphatic heterocycles. The summed E-state index contributed by atoms with van der Waals surface area (Å²) in [6, 6.07) is -0.820. The number of unbranched alkanes of at least 4 members (excludes halogenated alkanes) is 1. The molecule has 0 spiro atoms. The van der Waals surface area contributed by atoms with Crippen LogP contribution < -0.4 is 17.2 Å². The lowest BCUT2D eigenvalue weighted by molar-refractivity contribution is -0.139. The first-order valence-corrected chi connectivity index (χ1v) is 10.2. The summed E-state index contributed by atoms with van der Waals surface area (Å²) in [5.74, 6) is -0.379. The van der Waals surface area contributed by atoms with E-state index in [0.29, 0.717) is 25.8 Å². The van der Waals surface area contributed by atoms with Crippen LogP contribution in [-0.2, 0) is 9.59 Å². The molecule has 1 fully saturated rings. The van der Waals surface area contributed by atoms with Crippen molar-refractivity contribution < 1.29 is 19.8 Å². The average Bonchev–Trinajstić information content (AvgIpc) is 3.01. The first-order valence-electron chi connectivity index (χ1n) is 7.86. The fraction of sp³-hybridized carbons (Fsp3) is 0.786. The summed E-state index contributed by atoms with van der Waals surface area (Å²) in [5.41, 5.74) is 15.3. The van der Waals surface area contributed by atoms with Crippen LogP contribution in [0.25, 0.3) is 0 Å². The molecule has 8 nitrogen and oxygen atoms in total. The Morgan fingerprint density at radius 1 is 1.21 bits per heavy atom. The Morgan fingerprint density at radius 2 is 1.92 bits per heavy atom. The molecule has 0 unspecified atom stereocenters. The van der Waals surface area contributed by atoms with Gasteiger partial charge in [0.05, 0.1) is 0 Å². The molecule has 0 amide bonds. The van der Waals surface area contributed by atoms with Crippen LogP contribution in [0.15, 0.2) is 4.99 Å². The topological polar surface area (TPSA) is 165 Å². The van der Waals surface area contributed by atoms with E-state index in [4.69, 9.17) is 27.4 Å². The third-order valence-electron chi connectivity index (χ3n) is 3.18. The van der Waals surface area contributed by atoms with Gasteiger partial charge in [0.25, 0.3) is 0 Å². The molecule has 8 N–H and O–H groups in total. The van der Waals surface area contributed by atoms with E-state index in [1.165, 1.54) is 18.6 Å². The molecule has 0 aromatic rings. The van der Waals surface area contributed by atoms with Crippen molar-refractivity contribution in [3.05, 3.63) is 0 Å². The lowest BCUT2D eigenvalue weighted by Crippen LogP contribution is -2.30. The number of rotatable bonds is 10. The number of nitrogens with zero attached hydrogens (tertiary/aromatic N) is 1. The Kier molecular flexibility index (Phi) is 13.6. The Morgan fingerprint density at radius 3 is 2.42 bits per heavy atom. The molecule has 0 aliphatic carbocycles. The van der Waals surface area contributed by atoms with Crippen LogP contribution in [0.5, 0.6) is 0 Å². The molecule has 1 saturated heterocycles. The van der Waals surface area contributed by atoms with E-state index >= 15 is 0 Å². The summed E-state index contributed by atoms with van der Waals surface area (Å²) < 4.78 is 0. The first-order chi connectivity index (χ1) is 11.3. The minimum Gasteiger partial charge on any atom is -0.481 e. The number of hydrogen-bond acceptors (Lipinski definition) is 6. The number of hydrogen-bond donors (Lipinski definition) is 5. The average molecular weight is 381 g/mol. The molecule has 1 heterocycles. The highest BCUT2D eigenvalue weighted by Crippen LogP contribution is 2.39. The minimum absolute atomic E-state index is 0.0129. The molecule has 1 rings (SSSR count). The Balaban J connectivity index is 0.000000441. The van der Waals surface area contributed by atoms with Gasteiger partial charge in [-0.2, -0.15) is 0 Å². The third kappa shape index (κ3) is 14.5. The van der Waals surface area contributed by atoms with E-state index in [1.54, 1.807) is 0 Å². The highest BCUT2D eigenvalue weighted by Gasteiger charge is 2.15. The van der Waals surface area contributed by atoms with Crippen molar-refractivity contribution in [1.29, 1.82) is 0 Å². The van der Waals surface area contributed by atoms with Crippen molar-refractivity contribution in [3.63, 3.8) is 0 Å². The zero-order chi connectivity index (χ0) is 18.4. The van der Waals surface area contributed by atoms with E-state index < -0.39 is 18.0 Å². The summed E-state index contributed by atoms with van der Waals surface area (Å²) >= 11 is 0. The quantitative estimate of drug-likeness (QED) is 0.162. The smallest absolute Gasteiger partial charge is 0.320 e. The van der Waals surface area contributed by atoms with E-state index in [-0.39, 0.29) is 5.96 Å². The van der Waals surface area contributed by atoms with E-state index in [9.17, 15) is 9.59 Å². The van der Waals surface area contributed by atoms with E-state index in [2.05, 4.69) is 4.99 Å². The molecule has 10 heteroatoms. The van der Waals surface area contributed by atoms with Gasteiger partial charge in [0.15, 0.2) is 5.96 Å². The Bertz CT molecular complexity index is 400. The maximum atomic E-state index is 10.2. The van der Waals surface area contributed by atoms with Crippen LogP contribution >= 0.6 is 21.6 Å². The number of nitrogens with two attached hydrogens (primary N) is 3. The van der Waals surface area contributed by atoms with E-state index in [1.807, 2.05) is 21.6 Å². The SMILES string of the molecule is NC(N)=NCCC[C@H](N)C(=O)O.O=C(O)CCCC[C@H]1CCSS1. The van der Waals surface area contributed by atoms with Gasteiger partial charge in [0.2, 0.25) is 0 Å². The second kappa shape index (κ2) is 14.2. The number of carbonyl (C=O) groups is 2. The van der Waals surface area contributed by atoms with Crippen molar-refractivity contribution in [2.45, 2.75) is 56.2 Å². The molecule has 0 aromatic carbocycles. The van der Waals surface area contributed by atoms with Crippen molar-refractivity contribution in [2.75, 3.05) is 12.3 Å². The van der Waals surface area contributed by atoms with Gasteiger partial charge < -0.3 is 27.4 Å².